The third-order valence-corrected chi connectivity index (χ3v) is 3.52. The maximum atomic E-state index is 13.6. The van der Waals surface area contributed by atoms with Gasteiger partial charge in [0, 0.05) is 0 Å². The van der Waals surface area contributed by atoms with Gasteiger partial charge in [-0.05, 0) is 18.2 Å². The Morgan fingerprint density at radius 3 is 2.65 bits per heavy atom. The lowest BCUT2D eigenvalue weighted by Crippen LogP contribution is -2.17. The van der Waals surface area contributed by atoms with Gasteiger partial charge in [-0.25, -0.2) is 27.3 Å². The second-order valence-electron chi connectivity index (χ2n) is 3.52. The van der Waals surface area contributed by atoms with Crippen LogP contribution in [0.15, 0.2) is 35.5 Å². The highest BCUT2D eigenvalue weighted by atomic mass is 32.2. The van der Waals surface area contributed by atoms with Gasteiger partial charge in [-0.15, -0.1) is 5.10 Å². The predicted octanol–water partition coefficient (Wildman–Crippen LogP) is 0.510. The van der Waals surface area contributed by atoms with Gasteiger partial charge in [0.1, 0.15) is 10.7 Å². The molecule has 0 saturated heterocycles. The third kappa shape index (κ3) is 2.85. The molecule has 2 rings (SSSR count). The van der Waals surface area contributed by atoms with Crippen molar-refractivity contribution in [3.05, 3.63) is 42.0 Å². The zero-order valence-electron chi connectivity index (χ0n) is 9.69. The summed E-state index contributed by atoms with van der Waals surface area (Å²) in [6.45, 7) is 0. The molecule has 2 N–H and O–H groups in total. The molecule has 0 bridgehead atoms. The number of carbonyl (C=O) groups is 1. The molecule has 0 fully saturated rings. The first-order valence-electron chi connectivity index (χ1n) is 5.09. The quantitative estimate of drug-likeness (QED) is 0.843. The maximum absolute atomic E-state index is 13.6. The van der Waals surface area contributed by atoms with E-state index in [9.17, 15) is 17.6 Å². The van der Waals surface area contributed by atoms with E-state index in [1.165, 1.54) is 12.4 Å². The zero-order chi connectivity index (χ0) is 14.8. The zero-order valence-corrected chi connectivity index (χ0v) is 10.5. The highest BCUT2D eigenvalue weighted by Crippen LogP contribution is 2.18. The minimum atomic E-state index is -4.35. The van der Waals surface area contributed by atoms with Crippen molar-refractivity contribution in [1.29, 1.82) is 0 Å². The number of rotatable bonds is 4. The smallest absolute Gasteiger partial charge is 0.335 e. The van der Waals surface area contributed by atoms with Crippen molar-refractivity contribution in [2.75, 3.05) is 4.72 Å². The molecule has 0 atom stereocenters. The number of nitrogens with one attached hydrogen (secondary N) is 1. The summed E-state index contributed by atoms with van der Waals surface area (Å²) in [5.41, 5.74) is -0.362. The number of anilines is 1. The Kier molecular flexibility index (Phi) is 3.57. The van der Waals surface area contributed by atoms with E-state index in [4.69, 9.17) is 5.11 Å². The second-order valence-corrected chi connectivity index (χ2v) is 5.17. The molecule has 0 spiro atoms. The maximum Gasteiger partial charge on any atom is 0.335 e. The molecular weight excluding hydrogens is 291 g/mol. The number of carboxylic acid groups (broad SMARTS) is 1. The molecule has 0 amide bonds. The van der Waals surface area contributed by atoms with Crippen LogP contribution < -0.4 is 4.72 Å². The molecule has 0 aliphatic carbocycles. The van der Waals surface area contributed by atoms with E-state index in [-0.39, 0.29) is 11.5 Å². The fourth-order valence-corrected chi connectivity index (χ4v) is 2.36. The molecule has 104 valence electrons. The number of benzene rings is 1. The molecule has 0 unspecified atom stereocenters. The molecule has 20 heavy (non-hydrogen) atoms. The number of aromatic carboxylic acids is 1. The molecule has 1 heterocycles. The first-order chi connectivity index (χ1) is 9.40. The average Bonchev–Trinajstić information content (AvgIpc) is 2.39. The summed E-state index contributed by atoms with van der Waals surface area (Å²) < 4.78 is 39.3. The number of aromatic nitrogens is 3. The van der Waals surface area contributed by atoms with Gasteiger partial charge in [-0.1, -0.05) is 0 Å². The van der Waals surface area contributed by atoms with Crippen molar-refractivity contribution < 1.29 is 22.7 Å². The van der Waals surface area contributed by atoms with Crippen LogP contribution in [-0.4, -0.2) is 34.7 Å². The Morgan fingerprint density at radius 1 is 1.30 bits per heavy atom. The molecule has 0 saturated carbocycles. The lowest BCUT2D eigenvalue weighted by molar-refractivity contribution is 0.0696. The molecule has 1 aromatic carbocycles. The highest BCUT2D eigenvalue weighted by Gasteiger charge is 2.22. The number of carboxylic acids is 1. The minimum absolute atomic E-state index is 0.354. The molecule has 0 aliphatic heterocycles. The topological polar surface area (TPSA) is 122 Å². The van der Waals surface area contributed by atoms with Crippen LogP contribution in [0.25, 0.3) is 0 Å². The van der Waals surface area contributed by atoms with Crippen LogP contribution in [0, 0.1) is 5.82 Å². The van der Waals surface area contributed by atoms with E-state index in [1.807, 2.05) is 4.72 Å². The van der Waals surface area contributed by atoms with Gasteiger partial charge in [0.05, 0.1) is 18.0 Å². The Hall–Kier alpha value is -2.62. The molecule has 10 heteroatoms. The molecule has 0 radical (unpaired) electrons. The Bertz CT molecular complexity index is 751. The third-order valence-electron chi connectivity index (χ3n) is 2.18. The lowest BCUT2D eigenvalue weighted by Gasteiger charge is -2.07. The van der Waals surface area contributed by atoms with Gasteiger partial charge in [-0.2, -0.15) is 5.10 Å². The predicted molar refractivity (Wildman–Crippen MR) is 64.0 cm³/mol. The Balaban J connectivity index is 2.44. The van der Waals surface area contributed by atoms with Crippen LogP contribution in [0.5, 0.6) is 0 Å². The number of halogens is 1. The standard InChI is InChI=1S/C10H7FN4O4S/c11-7-2-1-6(9(16)17)5-8(7)20(18,19)15-10-12-3-4-13-14-10/h1-5H,(H,16,17)(H,12,14,15). The summed E-state index contributed by atoms with van der Waals surface area (Å²) in [5, 5.41) is 15.6. The van der Waals surface area contributed by atoms with Crippen LogP contribution in [0.1, 0.15) is 10.4 Å². The van der Waals surface area contributed by atoms with Crippen LogP contribution in [0.2, 0.25) is 0 Å². The molecule has 8 nitrogen and oxygen atoms in total. The Labute approximate surface area is 112 Å². The second kappa shape index (κ2) is 5.17. The van der Waals surface area contributed by atoms with Gasteiger partial charge in [0.2, 0.25) is 0 Å². The fraction of sp³-hybridized carbons (Fsp3) is 0. The van der Waals surface area contributed by atoms with Crippen molar-refractivity contribution in [2.45, 2.75) is 4.90 Å². The average molecular weight is 298 g/mol. The SMILES string of the molecule is O=C(O)c1ccc(F)c(S(=O)(=O)Nc2nccnn2)c1. The molecule has 0 aliphatic rings. The number of hydrogen-bond acceptors (Lipinski definition) is 6. The van der Waals surface area contributed by atoms with Gasteiger partial charge >= 0.3 is 5.97 Å². The van der Waals surface area contributed by atoms with Crippen molar-refractivity contribution in [2.24, 2.45) is 0 Å². The number of hydrogen-bond donors (Lipinski definition) is 2. The largest absolute Gasteiger partial charge is 0.478 e. The van der Waals surface area contributed by atoms with Gasteiger partial charge in [0.25, 0.3) is 16.0 Å². The first-order valence-corrected chi connectivity index (χ1v) is 6.58. The normalized spacial score (nSPS) is 11.1. The summed E-state index contributed by atoms with van der Waals surface area (Å²) >= 11 is 0. The molecule has 1 aromatic heterocycles. The van der Waals surface area contributed by atoms with Crippen LogP contribution >= 0.6 is 0 Å². The van der Waals surface area contributed by atoms with E-state index in [1.54, 1.807) is 0 Å². The van der Waals surface area contributed by atoms with Crippen molar-refractivity contribution in [1.82, 2.24) is 15.2 Å². The minimum Gasteiger partial charge on any atom is -0.478 e. The number of nitrogens with zero attached hydrogens (tertiary/aromatic N) is 3. The summed E-state index contributed by atoms with van der Waals surface area (Å²) in [6, 6.07) is 2.41. The van der Waals surface area contributed by atoms with Crippen molar-refractivity contribution >= 4 is 21.9 Å². The van der Waals surface area contributed by atoms with E-state index < -0.39 is 26.7 Å². The fourth-order valence-electron chi connectivity index (χ4n) is 1.31. The van der Waals surface area contributed by atoms with E-state index >= 15 is 0 Å². The summed E-state index contributed by atoms with van der Waals surface area (Å²) in [6.07, 6.45) is 2.41. The van der Waals surface area contributed by atoms with E-state index in [0.29, 0.717) is 6.07 Å². The van der Waals surface area contributed by atoms with Gasteiger partial charge < -0.3 is 5.11 Å². The highest BCUT2D eigenvalue weighted by molar-refractivity contribution is 7.92. The van der Waals surface area contributed by atoms with Gasteiger partial charge in [-0.3, -0.25) is 0 Å². The summed E-state index contributed by atoms with van der Waals surface area (Å²) in [5.74, 6) is -2.82. The molecular formula is C10H7FN4O4S. The lowest BCUT2D eigenvalue weighted by atomic mass is 10.2. The van der Waals surface area contributed by atoms with E-state index in [2.05, 4.69) is 15.2 Å². The van der Waals surface area contributed by atoms with E-state index in [0.717, 1.165) is 12.1 Å². The van der Waals surface area contributed by atoms with Crippen molar-refractivity contribution in [3.63, 3.8) is 0 Å². The Morgan fingerprint density at radius 2 is 2.05 bits per heavy atom. The van der Waals surface area contributed by atoms with Crippen LogP contribution in [-0.2, 0) is 10.0 Å². The monoisotopic (exact) mass is 298 g/mol. The van der Waals surface area contributed by atoms with Gasteiger partial charge in [0.15, 0.2) is 0 Å². The van der Waals surface area contributed by atoms with Crippen LogP contribution in [0.3, 0.4) is 0 Å². The van der Waals surface area contributed by atoms with Crippen molar-refractivity contribution in [3.8, 4) is 0 Å². The summed E-state index contributed by atoms with van der Waals surface area (Å²) in [7, 11) is -4.35. The van der Waals surface area contributed by atoms with Crippen LogP contribution in [0.4, 0.5) is 10.3 Å². The molecule has 2 aromatic rings. The number of sulfonamides is 1. The first kappa shape index (κ1) is 13.8. The summed E-state index contributed by atoms with van der Waals surface area (Å²) in [4.78, 5) is 13.5.